The number of aromatic nitrogens is 1. The van der Waals surface area contributed by atoms with Crippen LogP contribution in [-0.2, 0) is 0 Å². The molecule has 70 valence electrons. The van der Waals surface area contributed by atoms with Crippen molar-refractivity contribution in [3.05, 3.63) is 28.2 Å². The Labute approximate surface area is 83.7 Å². The minimum atomic E-state index is -0.470. The highest BCUT2D eigenvalue weighted by molar-refractivity contribution is 9.10. The van der Waals surface area contributed by atoms with Gasteiger partial charge in [0.05, 0.1) is 10.7 Å². The Hall–Kier alpha value is -0.970. The van der Waals surface area contributed by atoms with Crippen LogP contribution >= 0.6 is 15.9 Å². The van der Waals surface area contributed by atoms with Gasteiger partial charge in [-0.25, -0.2) is 9.37 Å². The lowest BCUT2D eigenvalue weighted by Gasteiger charge is -2.10. The molecule has 0 radical (unpaired) electrons. The number of hydrogen-bond donors (Lipinski definition) is 0. The Morgan fingerprint density at radius 1 is 1.62 bits per heavy atom. The molecule has 0 aliphatic heterocycles. The third-order valence-electron chi connectivity index (χ3n) is 1.42. The van der Waals surface area contributed by atoms with Gasteiger partial charge in [-0.3, -0.25) is 4.79 Å². The van der Waals surface area contributed by atoms with Crippen molar-refractivity contribution >= 4 is 21.8 Å². The molecule has 0 bridgehead atoms. The summed E-state index contributed by atoms with van der Waals surface area (Å²) in [4.78, 5) is 16.5. The predicted molar refractivity (Wildman–Crippen MR) is 49.9 cm³/mol. The van der Waals surface area contributed by atoms with Crippen LogP contribution in [0.2, 0.25) is 0 Å². The summed E-state index contributed by atoms with van der Waals surface area (Å²) >= 11 is 3.07. The molecule has 1 heterocycles. The molecule has 0 saturated heterocycles. The van der Waals surface area contributed by atoms with E-state index in [9.17, 15) is 9.18 Å². The average molecular weight is 247 g/mol. The van der Waals surface area contributed by atoms with Crippen LogP contribution in [0.4, 0.5) is 4.39 Å². The Morgan fingerprint density at radius 2 is 2.23 bits per heavy atom. The molecule has 0 aliphatic carbocycles. The second-order valence-electron chi connectivity index (χ2n) is 2.68. The normalized spacial score (nSPS) is 9.85. The summed E-state index contributed by atoms with van der Waals surface area (Å²) in [6.45, 7) is 0. The van der Waals surface area contributed by atoms with Gasteiger partial charge in [-0.1, -0.05) is 0 Å². The lowest BCUT2D eigenvalue weighted by atomic mass is 10.3. The van der Waals surface area contributed by atoms with Crippen molar-refractivity contribution in [1.82, 2.24) is 9.88 Å². The first kappa shape index (κ1) is 10.1. The van der Waals surface area contributed by atoms with Crippen LogP contribution in [0, 0.1) is 5.82 Å². The third-order valence-corrected chi connectivity index (χ3v) is 2.02. The number of pyridine rings is 1. The van der Waals surface area contributed by atoms with E-state index in [-0.39, 0.29) is 11.6 Å². The molecule has 1 aromatic heterocycles. The summed E-state index contributed by atoms with van der Waals surface area (Å²) < 4.78 is 13.0. The second-order valence-corrected chi connectivity index (χ2v) is 3.54. The zero-order valence-corrected chi connectivity index (χ0v) is 8.80. The van der Waals surface area contributed by atoms with Crippen LogP contribution in [-0.4, -0.2) is 29.9 Å². The maximum absolute atomic E-state index is 12.6. The van der Waals surface area contributed by atoms with E-state index in [0.717, 1.165) is 6.20 Å². The summed E-state index contributed by atoms with van der Waals surface area (Å²) in [6.07, 6.45) is 1.02. The molecule has 13 heavy (non-hydrogen) atoms. The van der Waals surface area contributed by atoms with Crippen LogP contribution in [0.25, 0.3) is 0 Å². The first-order valence-electron chi connectivity index (χ1n) is 3.55. The SMILES string of the molecule is CN(C)C(=O)c1ncc(F)cc1Br. The number of hydrogen-bond acceptors (Lipinski definition) is 2. The Kier molecular flexibility index (Phi) is 2.98. The van der Waals surface area contributed by atoms with Gasteiger partial charge in [0.1, 0.15) is 11.5 Å². The first-order valence-corrected chi connectivity index (χ1v) is 4.34. The fourth-order valence-corrected chi connectivity index (χ4v) is 1.27. The van der Waals surface area contributed by atoms with Crippen molar-refractivity contribution in [1.29, 1.82) is 0 Å². The lowest BCUT2D eigenvalue weighted by Crippen LogP contribution is -2.23. The molecule has 0 fully saturated rings. The maximum atomic E-state index is 12.6. The predicted octanol–water partition coefficient (Wildman–Crippen LogP) is 1.69. The van der Waals surface area contributed by atoms with Gasteiger partial charge in [-0.2, -0.15) is 0 Å². The third kappa shape index (κ3) is 2.24. The van der Waals surface area contributed by atoms with E-state index in [0.29, 0.717) is 4.47 Å². The van der Waals surface area contributed by atoms with Gasteiger partial charge < -0.3 is 4.90 Å². The van der Waals surface area contributed by atoms with Crippen molar-refractivity contribution in [3.8, 4) is 0 Å². The van der Waals surface area contributed by atoms with Crippen LogP contribution in [0.5, 0.6) is 0 Å². The lowest BCUT2D eigenvalue weighted by molar-refractivity contribution is 0.0821. The molecule has 0 saturated carbocycles. The number of halogens is 2. The number of carbonyl (C=O) groups is 1. The molecule has 0 unspecified atom stereocenters. The fraction of sp³-hybridized carbons (Fsp3) is 0.250. The quantitative estimate of drug-likeness (QED) is 0.756. The highest BCUT2D eigenvalue weighted by Crippen LogP contribution is 2.16. The molecule has 0 N–H and O–H groups in total. The summed E-state index contributed by atoms with van der Waals surface area (Å²) in [5.74, 6) is -0.728. The zero-order valence-electron chi connectivity index (χ0n) is 7.21. The molecule has 1 aromatic rings. The zero-order chi connectivity index (χ0) is 10.0. The number of rotatable bonds is 1. The van der Waals surface area contributed by atoms with Crippen LogP contribution < -0.4 is 0 Å². The van der Waals surface area contributed by atoms with E-state index < -0.39 is 5.82 Å². The number of amides is 1. The van der Waals surface area contributed by atoms with Crippen molar-refractivity contribution in [2.45, 2.75) is 0 Å². The van der Waals surface area contributed by atoms with E-state index in [1.807, 2.05) is 0 Å². The second kappa shape index (κ2) is 3.83. The van der Waals surface area contributed by atoms with Crippen molar-refractivity contribution in [3.63, 3.8) is 0 Å². The van der Waals surface area contributed by atoms with Crippen molar-refractivity contribution < 1.29 is 9.18 Å². The van der Waals surface area contributed by atoms with Crippen LogP contribution in [0.1, 0.15) is 10.5 Å². The fourth-order valence-electron chi connectivity index (χ4n) is 0.784. The molecular formula is C8H8BrFN2O. The molecule has 5 heteroatoms. The molecule has 0 aromatic carbocycles. The van der Waals surface area contributed by atoms with Gasteiger partial charge in [0.25, 0.3) is 5.91 Å². The molecule has 3 nitrogen and oxygen atoms in total. The highest BCUT2D eigenvalue weighted by Gasteiger charge is 2.13. The van der Waals surface area contributed by atoms with Gasteiger partial charge >= 0.3 is 0 Å². The Morgan fingerprint density at radius 3 is 2.69 bits per heavy atom. The van der Waals surface area contributed by atoms with Gasteiger partial charge in [0, 0.05) is 14.1 Å². The number of carbonyl (C=O) groups excluding carboxylic acids is 1. The van der Waals surface area contributed by atoms with Crippen molar-refractivity contribution in [2.24, 2.45) is 0 Å². The largest absolute Gasteiger partial charge is 0.343 e. The molecular weight excluding hydrogens is 239 g/mol. The Bertz CT molecular complexity index is 341. The van der Waals surface area contributed by atoms with E-state index >= 15 is 0 Å². The van der Waals surface area contributed by atoms with E-state index in [4.69, 9.17) is 0 Å². The van der Waals surface area contributed by atoms with E-state index in [1.54, 1.807) is 14.1 Å². The monoisotopic (exact) mass is 246 g/mol. The molecule has 1 amide bonds. The van der Waals surface area contributed by atoms with E-state index in [2.05, 4.69) is 20.9 Å². The topological polar surface area (TPSA) is 33.2 Å². The van der Waals surface area contributed by atoms with Gasteiger partial charge in [0.15, 0.2) is 0 Å². The molecule has 1 rings (SSSR count). The number of nitrogens with zero attached hydrogens (tertiary/aromatic N) is 2. The minimum Gasteiger partial charge on any atom is -0.343 e. The highest BCUT2D eigenvalue weighted by atomic mass is 79.9. The van der Waals surface area contributed by atoms with Crippen molar-refractivity contribution in [2.75, 3.05) is 14.1 Å². The summed E-state index contributed by atoms with van der Waals surface area (Å²) in [5, 5.41) is 0. The first-order chi connectivity index (χ1) is 6.02. The minimum absolute atomic E-state index is 0.214. The molecule has 0 atom stereocenters. The smallest absolute Gasteiger partial charge is 0.273 e. The van der Waals surface area contributed by atoms with Crippen LogP contribution in [0.15, 0.2) is 16.7 Å². The standard InChI is InChI=1S/C8H8BrFN2O/c1-12(2)8(13)7-6(9)3-5(10)4-11-7/h3-4H,1-2H3. The molecule has 0 spiro atoms. The van der Waals surface area contributed by atoms with Gasteiger partial charge in [-0.05, 0) is 22.0 Å². The molecule has 0 aliphatic rings. The van der Waals surface area contributed by atoms with Gasteiger partial charge in [0.2, 0.25) is 0 Å². The van der Waals surface area contributed by atoms with E-state index in [1.165, 1.54) is 11.0 Å². The average Bonchev–Trinajstić information content (AvgIpc) is 2.03. The summed E-state index contributed by atoms with van der Waals surface area (Å²) in [5.41, 5.74) is 0.214. The van der Waals surface area contributed by atoms with Gasteiger partial charge in [-0.15, -0.1) is 0 Å². The van der Waals surface area contributed by atoms with Crippen LogP contribution in [0.3, 0.4) is 0 Å². The maximum Gasteiger partial charge on any atom is 0.273 e. The summed E-state index contributed by atoms with van der Waals surface area (Å²) in [6, 6.07) is 1.21. The summed E-state index contributed by atoms with van der Waals surface area (Å²) in [7, 11) is 3.22. The Balaban J connectivity index is 3.09.